The molecule has 0 unspecified atom stereocenters. The van der Waals surface area contributed by atoms with Crippen molar-refractivity contribution in [3.63, 3.8) is 0 Å². The summed E-state index contributed by atoms with van der Waals surface area (Å²) in [5.41, 5.74) is 18.1. The van der Waals surface area contributed by atoms with Crippen LogP contribution in [-0.4, -0.2) is 35.0 Å². The summed E-state index contributed by atoms with van der Waals surface area (Å²) in [5.74, 6) is 0. The topological polar surface area (TPSA) is 61.4 Å². The zero-order chi connectivity index (χ0) is 33.1. The van der Waals surface area contributed by atoms with Crippen LogP contribution in [0.15, 0.2) is 109 Å². The molecule has 2 atom stereocenters. The molecule has 0 aliphatic heterocycles. The Hall–Kier alpha value is -3.68. The second-order valence-corrected chi connectivity index (χ2v) is 31.4. The van der Waals surface area contributed by atoms with Crippen LogP contribution in [-0.2, 0) is 20.4 Å². The van der Waals surface area contributed by atoms with Crippen LogP contribution in [0.1, 0.15) is 54.5 Å². The predicted octanol–water partition coefficient (Wildman–Crippen LogP) is 3.29. The van der Waals surface area contributed by atoms with Crippen molar-refractivity contribution < 1.29 is 45.2 Å². The van der Waals surface area contributed by atoms with Crippen LogP contribution in [0.5, 0.6) is 0 Å². The van der Waals surface area contributed by atoms with Crippen molar-refractivity contribution in [2.75, 3.05) is 0 Å². The Labute approximate surface area is 314 Å². The summed E-state index contributed by atoms with van der Waals surface area (Å²) < 4.78 is 5.08. The normalized spacial score (nSPS) is 15.5. The van der Waals surface area contributed by atoms with Gasteiger partial charge in [0, 0.05) is 0 Å². The molecule has 0 fully saturated rings. The van der Waals surface area contributed by atoms with Gasteiger partial charge in [-0.2, -0.15) is 0 Å². The fourth-order valence-electron chi connectivity index (χ4n) is 7.71. The second-order valence-electron chi connectivity index (χ2n) is 13.6. The van der Waals surface area contributed by atoms with E-state index in [1.165, 1.54) is 66.8 Å². The first kappa shape index (κ1) is 36.1. The van der Waals surface area contributed by atoms with Gasteiger partial charge in [0.25, 0.3) is 0 Å². The van der Waals surface area contributed by atoms with E-state index in [9.17, 15) is 0 Å². The summed E-state index contributed by atoms with van der Waals surface area (Å²) in [6.07, 6.45) is 12.3. The standard InChI is InChI=1S/2C19H16N3.C2H6Si.2ClH.Zr/c2*1-13-3-5-15(6-4-13)19-10-17(22-11-20-21-12-22)9-16-7-14(2)8-18(16)19;1-3-2;;;/h2*3-12H,1-2H3;1-2H3;2*1H;/q;;;;;+2/p-2. The van der Waals surface area contributed by atoms with Crippen LogP contribution < -0.4 is 24.8 Å². The monoisotopic (exact) mass is 790 g/mol. The van der Waals surface area contributed by atoms with Crippen LogP contribution in [0.25, 0.3) is 45.8 Å². The average Bonchev–Trinajstić information content (AvgIpc) is 3.90. The number of allylic oxidation sites excluding steroid dienone is 2. The number of rotatable bonds is 6. The van der Waals surface area contributed by atoms with Crippen molar-refractivity contribution in [3.05, 3.63) is 143 Å². The zero-order valence-electron chi connectivity index (χ0n) is 29.0. The number of halogens is 2. The van der Waals surface area contributed by atoms with Crippen molar-refractivity contribution in [2.24, 2.45) is 0 Å². The smallest absolute Gasteiger partial charge is 1.00 e. The van der Waals surface area contributed by atoms with Crippen LogP contribution >= 0.6 is 0 Å². The summed E-state index contributed by atoms with van der Waals surface area (Å²) >= 11 is -2.39. The quantitative estimate of drug-likeness (QED) is 0.243. The first-order valence-corrected chi connectivity index (χ1v) is 25.5. The molecule has 50 heavy (non-hydrogen) atoms. The average molecular weight is 793 g/mol. The maximum absolute atomic E-state index is 4.17. The largest absolute Gasteiger partial charge is 1.00 e. The van der Waals surface area contributed by atoms with Gasteiger partial charge in [0.05, 0.1) is 0 Å². The number of benzene rings is 4. The third kappa shape index (κ3) is 6.36. The van der Waals surface area contributed by atoms with Crippen LogP contribution in [0.4, 0.5) is 0 Å². The fourth-order valence-corrected chi connectivity index (χ4v) is 28.4. The Morgan fingerprint density at radius 1 is 0.540 bits per heavy atom. The maximum Gasteiger partial charge on any atom is -1.00 e. The van der Waals surface area contributed by atoms with Crippen molar-refractivity contribution in [1.82, 2.24) is 29.5 Å². The van der Waals surface area contributed by atoms with Crippen molar-refractivity contribution >= 4 is 17.6 Å². The van der Waals surface area contributed by atoms with Gasteiger partial charge in [0.15, 0.2) is 0 Å². The van der Waals surface area contributed by atoms with Gasteiger partial charge in [0.1, 0.15) is 0 Å². The van der Waals surface area contributed by atoms with E-state index < -0.39 is 25.8 Å². The summed E-state index contributed by atoms with van der Waals surface area (Å²) in [7, 11) is 0. The second kappa shape index (κ2) is 14.5. The molecular formula is C40H38Cl2N6SiZr. The number of fused-ring (bicyclic) bond motifs is 2. The van der Waals surface area contributed by atoms with Gasteiger partial charge in [-0.05, 0) is 0 Å². The summed E-state index contributed by atoms with van der Waals surface area (Å²) in [6, 6.07) is 27.5. The third-order valence-corrected chi connectivity index (χ3v) is 29.9. The molecule has 6 nitrogen and oxygen atoms in total. The molecular weight excluding hydrogens is 755 g/mol. The van der Waals surface area contributed by atoms with Crippen molar-refractivity contribution in [3.8, 4) is 33.6 Å². The minimum absolute atomic E-state index is 0. The molecule has 0 bridgehead atoms. The molecule has 6 aromatic rings. The molecule has 2 aliphatic carbocycles. The summed E-state index contributed by atoms with van der Waals surface area (Å²) in [6.45, 7) is 14.3. The number of nitrogens with zero attached hydrogens (tertiary/aromatic N) is 6. The SMILES string of the molecule is CC1=Cc2c(-c3ccc(C)cc3)cc(-n3cnnc3)cc2[C@@H]1[Zr+2]([C@H]1C(C)=Cc2c(-c3ccc(C)cc3)cc(-n3cnnc3)cc21)=[Si](C)C.[Cl-].[Cl-]. The van der Waals surface area contributed by atoms with E-state index in [-0.39, 0.29) is 24.8 Å². The molecule has 10 heteroatoms. The third-order valence-electron chi connectivity index (χ3n) is 10.0. The van der Waals surface area contributed by atoms with E-state index in [0.29, 0.717) is 7.25 Å². The fraction of sp³-hybridized carbons (Fsp3) is 0.200. The Morgan fingerprint density at radius 2 is 0.900 bits per heavy atom. The molecule has 2 aromatic heterocycles. The van der Waals surface area contributed by atoms with E-state index in [4.69, 9.17) is 0 Å². The molecule has 0 saturated carbocycles. The van der Waals surface area contributed by atoms with E-state index in [1.54, 1.807) is 0 Å². The molecule has 0 amide bonds. The molecule has 0 N–H and O–H groups in total. The number of hydrogen-bond acceptors (Lipinski definition) is 4. The molecule has 2 heterocycles. The van der Waals surface area contributed by atoms with Crippen LogP contribution in [0.3, 0.4) is 0 Å². The number of aromatic nitrogens is 6. The predicted molar refractivity (Wildman–Crippen MR) is 193 cm³/mol. The minimum Gasteiger partial charge on any atom is -1.00 e. The van der Waals surface area contributed by atoms with Gasteiger partial charge in [-0.25, -0.2) is 0 Å². The zero-order valence-corrected chi connectivity index (χ0v) is 34.0. The van der Waals surface area contributed by atoms with Crippen LogP contribution in [0, 0.1) is 13.8 Å². The Bertz CT molecular complexity index is 2130. The number of aryl methyl sites for hydroxylation is 2. The molecule has 2 aliphatic rings. The van der Waals surface area contributed by atoms with E-state index in [2.05, 4.69) is 155 Å². The van der Waals surface area contributed by atoms with E-state index in [0.717, 1.165) is 11.4 Å². The van der Waals surface area contributed by atoms with Crippen molar-refractivity contribution in [2.45, 2.75) is 48.0 Å². The van der Waals surface area contributed by atoms with Gasteiger partial charge in [-0.1, -0.05) is 0 Å². The van der Waals surface area contributed by atoms with Gasteiger partial charge in [0.2, 0.25) is 0 Å². The molecule has 8 rings (SSSR count). The summed E-state index contributed by atoms with van der Waals surface area (Å²) in [4.78, 5) is 0. The van der Waals surface area contributed by atoms with Gasteiger partial charge < -0.3 is 24.8 Å². The number of hydrogen-bond donors (Lipinski definition) is 0. The summed E-state index contributed by atoms with van der Waals surface area (Å²) in [5, 5.41) is 16.7. The first-order valence-electron chi connectivity index (χ1n) is 16.5. The Morgan fingerprint density at radius 3 is 1.24 bits per heavy atom. The van der Waals surface area contributed by atoms with E-state index >= 15 is 0 Å². The molecule has 250 valence electrons. The van der Waals surface area contributed by atoms with Gasteiger partial charge in [-0.3, -0.25) is 0 Å². The van der Waals surface area contributed by atoms with Gasteiger partial charge >= 0.3 is 292 Å². The molecule has 0 spiro atoms. The molecule has 0 radical (unpaired) electrons. The molecule has 4 aromatic carbocycles. The Kier molecular flexibility index (Phi) is 10.5. The van der Waals surface area contributed by atoms with E-state index in [1.807, 2.05) is 25.3 Å². The maximum atomic E-state index is 4.17. The minimum atomic E-state index is -2.39. The van der Waals surface area contributed by atoms with Gasteiger partial charge in [-0.15, -0.1) is 0 Å². The molecule has 0 saturated heterocycles. The van der Waals surface area contributed by atoms with Crippen molar-refractivity contribution in [1.29, 1.82) is 0 Å². The Balaban J connectivity index is 0.00000216. The first-order chi connectivity index (χ1) is 23.3. The van der Waals surface area contributed by atoms with Crippen LogP contribution in [0.2, 0.25) is 13.1 Å².